The molecule has 0 radical (unpaired) electrons. The molecule has 28 heavy (non-hydrogen) atoms. The number of carboxylic acids is 2. The van der Waals surface area contributed by atoms with Gasteiger partial charge in [0.25, 0.3) is 5.69 Å². The van der Waals surface area contributed by atoms with E-state index >= 15 is 0 Å². The number of hydrogen-bond acceptors (Lipinski definition) is 6. The van der Waals surface area contributed by atoms with Crippen LogP contribution >= 0.6 is 0 Å². The van der Waals surface area contributed by atoms with E-state index in [0.29, 0.717) is 17.9 Å². The van der Waals surface area contributed by atoms with Crippen molar-refractivity contribution in [1.82, 2.24) is 5.32 Å². The summed E-state index contributed by atoms with van der Waals surface area (Å²) in [4.78, 5) is 29.3. The van der Waals surface area contributed by atoms with E-state index in [1.807, 2.05) is 12.1 Å². The van der Waals surface area contributed by atoms with E-state index < -0.39 is 16.9 Å². The quantitative estimate of drug-likeness (QED) is 0.405. The first-order valence-electron chi connectivity index (χ1n) is 8.20. The molecule has 2 aromatic rings. The number of carbonyl (C=O) groups is 2. The molecule has 0 aliphatic carbocycles. The van der Waals surface area contributed by atoms with Gasteiger partial charge in [-0.1, -0.05) is 24.3 Å². The molecule has 146 valence electrons. The second-order valence-corrected chi connectivity index (χ2v) is 5.70. The summed E-state index contributed by atoms with van der Waals surface area (Å²) in [5.74, 6) is -1.88. The van der Waals surface area contributed by atoms with Gasteiger partial charge in [0, 0.05) is 37.4 Å². The van der Waals surface area contributed by atoms with Crippen molar-refractivity contribution < 1.29 is 29.5 Å². The van der Waals surface area contributed by atoms with Gasteiger partial charge in [-0.25, -0.2) is 9.59 Å². The van der Waals surface area contributed by atoms with Crippen LogP contribution in [-0.2, 0) is 16.1 Å². The zero-order valence-electron chi connectivity index (χ0n) is 14.6. The van der Waals surface area contributed by atoms with Crippen molar-refractivity contribution in [3.63, 3.8) is 0 Å². The van der Waals surface area contributed by atoms with Crippen molar-refractivity contribution in [1.29, 1.82) is 0 Å². The maximum absolute atomic E-state index is 10.6. The number of benzene rings is 2. The van der Waals surface area contributed by atoms with Gasteiger partial charge in [0.2, 0.25) is 0 Å². The molecule has 2 aromatic carbocycles. The Kier molecular flexibility index (Phi) is 7.23. The van der Waals surface area contributed by atoms with E-state index in [1.54, 1.807) is 12.1 Å². The first kappa shape index (κ1) is 20.6. The van der Waals surface area contributed by atoms with E-state index in [1.165, 1.54) is 23.3 Å². The minimum atomic E-state index is -1.26. The summed E-state index contributed by atoms with van der Waals surface area (Å²) < 4.78 is 5.93. The van der Waals surface area contributed by atoms with Crippen molar-refractivity contribution in [2.24, 2.45) is 0 Å². The third-order valence-electron chi connectivity index (χ3n) is 3.74. The molecular weight excluding hydrogens is 368 g/mol. The zero-order valence-corrected chi connectivity index (χ0v) is 14.6. The Bertz CT molecular complexity index is 862. The molecule has 3 N–H and O–H groups in total. The second kappa shape index (κ2) is 9.83. The van der Waals surface area contributed by atoms with Crippen molar-refractivity contribution in [3.05, 3.63) is 81.9 Å². The van der Waals surface area contributed by atoms with E-state index in [9.17, 15) is 19.7 Å². The molecule has 0 aromatic heterocycles. The monoisotopic (exact) mass is 386 g/mol. The number of non-ortho nitro benzene ring substituents is 1. The van der Waals surface area contributed by atoms with Gasteiger partial charge in [-0.3, -0.25) is 10.1 Å². The van der Waals surface area contributed by atoms with Crippen LogP contribution in [0.2, 0.25) is 0 Å². The van der Waals surface area contributed by atoms with Gasteiger partial charge in [-0.05, 0) is 23.3 Å². The molecule has 3 rings (SSSR count). The van der Waals surface area contributed by atoms with E-state index in [4.69, 9.17) is 14.9 Å². The predicted octanol–water partition coefficient (Wildman–Crippen LogP) is 2.53. The minimum Gasteiger partial charge on any atom is -0.484 e. The Morgan fingerprint density at radius 2 is 1.68 bits per heavy atom. The smallest absolute Gasteiger partial charge is 0.328 e. The highest BCUT2D eigenvalue weighted by atomic mass is 16.6. The zero-order chi connectivity index (χ0) is 20.5. The van der Waals surface area contributed by atoms with Crippen molar-refractivity contribution in [2.45, 2.75) is 12.6 Å². The standard InChI is InChI=1S/C15H14N2O3.C4H4O4/c18-17(19)12-5-7-13(8-6-12)20-15-10-16-9-11-3-1-2-4-14(11)15;5-3(6)1-2-4(7)8/h1-8,15-16H,9-10H2;1-2H,(H,5,6)(H,7,8). The average molecular weight is 386 g/mol. The number of fused-ring (bicyclic) bond motifs is 1. The number of nitrogens with one attached hydrogen (secondary N) is 1. The van der Waals surface area contributed by atoms with Gasteiger partial charge in [0.05, 0.1) is 4.92 Å². The van der Waals surface area contributed by atoms with Crippen LogP contribution in [0.5, 0.6) is 5.75 Å². The summed E-state index contributed by atoms with van der Waals surface area (Å²) in [6, 6.07) is 14.3. The van der Waals surface area contributed by atoms with Crippen LogP contribution < -0.4 is 10.1 Å². The topological polar surface area (TPSA) is 139 Å². The Balaban J connectivity index is 0.000000300. The molecule has 9 nitrogen and oxygen atoms in total. The third-order valence-corrected chi connectivity index (χ3v) is 3.74. The minimum absolute atomic E-state index is 0.0681. The van der Waals surface area contributed by atoms with Crippen LogP contribution in [0.4, 0.5) is 5.69 Å². The Morgan fingerprint density at radius 1 is 1.07 bits per heavy atom. The first-order chi connectivity index (χ1) is 13.4. The summed E-state index contributed by atoms with van der Waals surface area (Å²) in [5.41, 5.74) is 2.47. The highest BCUT2D eigenvalue weighted by Gasteiger charge is 2.21. The molecular formula is C19H18N2O7. The summed E-state index contributed by atoms with van der Waals surface area (Å²) in [5, 5.41) is 29.6. The number of nitro benzene ring substituents is 1. The number of carboxylic acid groups (broad SMARTS) is 2. The van der Waals surface area contributed by atoms with Crippen molar-refractivity contribution in [2.75, 3.05) is 6.54 Å². The van der Waals surface area contributed by atoms with Gasteiger partial charge in [0.1, 0.15) is 11.9 Å². The Hall–Kier alpha value is -3.72. The first-order valence-corrected chi connectivity index (χ1v) is 8.20. The Labute approximate surface area is 160 Å². The van der Waals surface area contributed by atoms with Gasteiger partial charge in [0.15, 0.2) is 0 Å². The fourth-order valence-corrected chi connectivity index (χ4v) is 2.52. The molecule has 1 aliphatic rings. The maximum atomic E-state index is 10.6. The number of aliphatic carboxylic acids is 2. The fraction of sp³-hybridized carbons (Fsp3) is 0.158. The predicted molar refractivity (Wildman–Crippen MR) is 99.0 cm³/mol. The van der Waals surface area contributed by atoms with E-state index in [-0.39, 0.29) is 11.8 Å². The number of rotatable bonds is 5. The molecule has 0 saturated heterocycles. The van der Waals surface area contributed by atoms with Crippen molar-refractivity contribution in [3.8, 4) is 5.75 Å². The fourth-order valence-electron chi connectivity index (χ4n) is 2.52. The highest BCUT2D eigenvalue weighted by Crippen LogP contribution is 2.28. The van der Waals surface area contributed by atoms with Gasteiger partial charge in [-0.15, -0.1) is 0 Å². The van der Waals surface area contributed by atoms with Crippen molar-refractivity contribution >= 4 is 17.6 Å². The Morgan fingerprint density at radius 3 is 2.25 bits per heavy atom. The lowest BCUT2D eigenvalue weighted by Gasteiger charge is -2.27. The molecule has 0 saturated carbocycles. The lowest BCUT2D eigenvalue weighted by atomic mass is 9.99. The normalized spacial score (nSPS) is 15.1. The molecule has 0 bridgehead atoms. The maximum Gasteiger partial charge on any atom is 0.328 e. The van der Waals surface area contributed by atoms with E-state index in [0.717, 1.165) is 13.1 Å². The largest absolute Gasteiger partial charge is 0.484 e. The van der Waals surface area contributed by atoms with Crippen LogP contribution in [0, 0.1) is 10.1 Å². The van der Waals surface area contributed by atoms with E-state index in [2.05, 4.69) is 17.4 Å². The summed E-state index contributed by atoms with van der Waals surface area (Å²) in [6.07, 6.45) is 1.05. The third kappa shape index (κ3) is 6.22. The number of nitro groups is 1. The van der Waals surface area contributed by atoms with Gasteiger partial charge in [-0.2, -0.15) is 0 Å². The highest BCUT2D eigenvalue weighted by molar-refractivity contribution is 5.89. The molecule has 0 fully saturated rings. The second-order valence-electron chi connectivity index (χ2n) is 5.70. The summed E-state index contributed by atoms with van der Waals surface area (Å²) >= 11 is 0. The molecule has 9 heteroatoms. The van der Waals surface area contributed by atoms with Crippen LogP contribution in [0.3, 0.4) is 0 Å². The van der Waals surface area contributed by atoms with Crippen LogP contribution in [0.15, 0.2) is 60.7 Å². The SMILES string of the molecule is O=C(O)C=CC(=O)O.O=[N+]([O-])c1ccc(OC2CNCc3ccccc32)cc1. The van der Waals surface area contributed by atoms with Gasteiger partial charge >= 0.3 is 11.9 Å². The lowest BCUT2D eigenvalue weighted by molar-refractivity contribution is -0.384. The number of hydrogen-bond donors (Lipinski definition) is 3. The van der Waals surface area contributed by atoms with Crippen LogP contribution in [-0.4, -0.2) is 33.6 Å². The number of ether oxygens (including phenoxy) is 1. The lowest BCUT2D eigenvalue weighted by Crippen LogP contribution is -2.31. The molecule has 1 aliphatic heterocycles. The summed E-state index contributed by atoms with van der Waals surface area (Å²) in [7, 11) is 0. The van der Waals surface area contributed by atoms with Crippen LogP contribution in [0.25, 0.3) is 0 Å². The molecule has 1 heterocycles. The molecule has 0 spiro atoms. The molecule has 1 unspecified atom stereocenters. The van der Waals surface area contributed by atoms with Gasteiger partial charge < -0.3 is 20.3 Å². The average Bonchev–Trinajstić information content (AvgIpc) is 2.68. The summed E-state index contributed by atoms with van der Waals surface area (Å²) in [6.45, 7) is 1.57. The van der Waals surface area contributed by atoms with Crippen LogP contribution in [0.1, 0.15) is 17.2 Å². The molecule has 0 amide bonds. The number of nitrogens with zero attached hydrogens (tertiary/aromatic N) is 1. The molecule has 1 atom stereocenters.